The van der Waals surface area contributed by atoms with E-state index in [1.165, 1.54) is 17.7 Å². The molecule has 1 aromatic heterocycles. The second kappa shape index (κ2) is 7.02. The normalized spacial score (nSPS) is 13.3. The summed E-state index contributed by atoms with van der Waals surface area (Å²) in [5.74, 6) is 1.87. The van der Waals surface area contributed by atoms with E-state index in [-0.39, 0.29) is 0 Å². The highest BCUT2D eigenvalue weighted by Gasteiger charge is 2.14. The summed E-state index contributed by atoms with van der Waals surface area (Å²) in [4.78, 5) is 0. The minimum atomic E-state index is 0.474. The zero-order chi connectivity index (χ0) is 12.0. The van der Waals surface area contributed by atoms with Crippen LogP contribution in [0.2, 0.25) is 0 Å². The van der Waals surface area contributed by atoms with Gasteiger partial charge in [0.15, 0.2) is 0 Å². The lowest BCUT2D eigenvalue weighted by molar-refractivity contribution is 0.442. The lowest BCUT2D eigenvalue weighted by atomic mass is 9.99. The summed E-state index contributed by atoms with van der Waals surface area (Å²) in [6, 6.07) is 2.71. The molecule has 0 bridgehead atoms. The minimum Gasteiger partial charge on any atom is -0.354 e. The molecule has 1 unspecified atom stereocenters. The predicted octanol–water partition coefficient (Wildman–Crippen LogP) is 3.16. The summed E-state index contributed by atoms with van der Waals surface area (Å²) in [6.45, 7) is 5.65. The molecule has 1 heterocycles. The van der Waals surface area contributed by atoms with Gasteiger partial charge in [0.25, 0.3) is 0 Å². The van der Waals surface area contributed by atoms with Gasteiger partial charge in [-0.05, 0) is 43.0 Å². The number of thioether (sulfide) groups is 1. The van der Waals surface area contributed by atoms with E-state index in [9.17, 15) is 0 Å². The van der Waals surface area contributed by atoms with Crippen LogP contribution in [0.15, 0.2) is 18.5 Å². The molecule has 0 aromatic carbocycles. The van der Waals surface area contributed by atoms with Crippen LogP contribution in [-0.2, 0) is 6.54 Å². The highest BCUT2D eigenvalue weighted by atomic mass is 32.2. The minimum absolute atomic E-state index is 0.474. The molecule has 1 N–H and O–H groups in total. The SMILES string of the molecule is CNC(c1ccn(CCCSC)c1)C(C)C. The number of aromatic nitrogens is 1. The van der Waals surface area contributed by atoms with Crippen LogP contribution in [0.25, 0.3) is 0 Å². The number of nitrogens with one attached hydrogen (secondary N) is 1. The van der Waals surface area contributed by atoms with Crippen molar-refractivity contribution < 1.29 is 0 Å². The van der Waals surface area contributed by atoms with Gasteiger partial charge in [0.2, 0.25) is 0 Å². The lowest BCUT2D eigenvalue weighted by Crippen LogP contribution is -2.21. The molecule has 0 amide bonds. The predicted molar refractivity (Wildman–Crippen MR) is 74.1 cm³/mol. The number of nitrogens with zero attached hydrogens (tertiary/aromatic N) is 1. The molecule has 0 radical (unpaired) electrons. The van der Waals surface area contributed by atoms with Gasteiger partial charge in [0, 0.05) is 25.0 Å². The van der Waals surface area contributed by atoms with Crippen molar-refractivity contribution in [1.82, 2.24) is 9.88 Å². The summed E-state index contributed by atoms with van der Waals surface area (Å²) in [6.07, 6.45) is 7.89. The second-order valence-corrected chi connectivity index (χ2v) is 5.52. The van der Waals surface area contributed by atoms with Crippen molar-refractivity contribution in [3.63, 3.8) is 0 Å². The molecule has 0 spiro atoms. The maximum atomic E-state index is 3.38. The topological polar surface area (TPSA) is 17.0 Å². The zero-order valence-electron chi connectivity index (χ0n) is 10.9. The van der Waals surface area contributed by atoms with E-state index >= 15 is 0 Å². The van der Waals surface area contributed by atoms with Crippen LogP contribution in [0, 0.1) is 5.92 Å². The summed E-state index contributed by atoms with van der Waals surface area (Å²) in [5, 5.41) is 3.38. The Kier molecular flexibility index (Phi) is 5.99. The Hall–Kier alpha value is -0.410. The molecule has 92 valence electrons. The molecule has 0 aliphatic rings. The summed E-state index contributed by atoms with van der Waals surface area (Å²) in [5.41, 5.74) is 1.40. The van der Waals surface area contributed by atoms with E-state index < -0.39 is 0 Å². The van der Waals surface area contributed by atoms with Gasteiger partial charge in [-0.15, -0.1) is 0 Å². The molecule has 1 aromatic rings. The van der Waals surface area contributed by atoms with E-state index in [4.69, 9.17) is 0 Å². The number of aryl methyl sites for hydroxylation is 1. The van der Waals surface area contributed by atoms with Crippen LogP contribution >= 0.6 is 11.8 Å². The molecule has 3 heteroatoms. The number of hydrogen-bond acceptors (Lipinski definition) is 2. The molecule has 0 aliphatic heterocycles. The first kappa shape index (κ1) is 13.7. The van der Waals surface area contributed by atoms with Crippen molar-refractivity contribution in [2.45, 2.75) is 32.9 Å². The Morgan fingerprint density at radius 1 is 1.44 bits per heavy atom. The molecule has 0 saturated carbocycles. The molecule has 16 heavy (non-hydrogen) atoms. The van der Waals surface area contributed by atoms with Gasteiger partial charge < -0.3 is 9.88 Å². The summed E-state index contributed by atoms with van der Waals surface area (Å²) in [7, 11) is 2.04. The van der Waals surface area contributed by atoms with Crippen LogP contribution in [0.3, 0.4) is 0 Å². The third-order valence-corrected chi connectivity index (χ3v) is 3.57. The largest absolute Gasteiger partial charge is 0.354 e. The van der Waals surface area contributed by atoms with Gasteiger partial charge in [0.05, 0.1) is 0 Å². The van der Waals surface area contributed by atoms with Crippen molar-refractivity contribution in [2.75, 3.05) is 19.1 Å². The third kappa shape index (κ3) is 3.87. The first-order valence-electron chi connectivity index (χ1n) is 6.01. The molecular weight excluding hydrogens is 216 g/mol. The highest BCUT2D eigenvalue weighted by Crippen LogP contribution is 2.21. The van der Waals surface area contributed by atoms with E-state index in [0.29, 0.717) is 12.0 Å². The van der Waals surface area contributed by atoms with Crippen LogP contribution in [-0.4, -0.2) is 23.6 Å². The monoisotopic (exact) mass is 240 g/mol. The molecule has 2 nitrogen and oxygen atoms in total. The van der Waals surface area contributed by atoms with Gasteiger partial charge in [-0.1, -0.05) is 13.8 Å². The van der Waals surface area contributed by atoms with Crippen molar-refractivity contribution in [2.24, 2.45) is 5.92 Å². The Balaban J connectivity index is 2.55. The summed E-state index contributed by atoms with van der Waals surface area (Å²) >= 11 is 1.92. The second-order valence-electron chi connectivity index (χ2n) is 4.54. The van der Waals surface area contributed by atoms with Gasteiger partial charge in [-0.3, -0.25) is 0 Å². The van der Waals surface area contributed by atoms with E-state index in [0.717, 1.165) is 6.54 Å². The fraction of sp³-hybridized carbons (Fsp3) is 0.692. The number of rotatable bonds is 7. The van der Waals surface area contributed by atoms with Crippen LogP contribution < -0.4 is 5.32 Å². The van der Waals surface area contributed by atoms with Gasteiger partial charge in [0.1, 0.15) is 0 Å². The molecule has 0 saturated heterocycles. The van der Waals surface area contributed by atoms with Gasteiger partial charge >= 0.3 is 0 Å². The molecule has 0 aliphatic carbocycles. The molecular formula is C13H24N2S. The molecule has 1 rings (SSSR count). The highest BCUT2D eigenvalue weighted by molar-refractivity contribution is 7.98. The smallest absolute Gasteiger partial charge is 0.0355 e. The standard InChI is InChI=1S/C13H24N2S/c1-11(2)13(14-3)12-6-8-15(10-12)7-5-9-16-4/h6,8,10-11,13-14H,5,7,9H2,1-4H3. The van der Waals surface area contributed by atoms with Crippen molar-refractivity contribution in [1.29, 1.82) is 0 Å². The molecule has 1 atom stereocenters. The van der Waals surface area contributed by atoms with Crippen molar-refractivity contribution >= 4 is 11.8 Å². The fourth-order valence-corrected chi connectivity index (χ4v) is 2.48. The Morgan fingerprint density at radius 3 is 2.75 bits per heavy atom. The average molecular weight is 240 g/mol. The third-order valence-electron chi connectivity index (χ3n) is 2.87. The van der Waals surface area contributed by atoms with E-state index in [1.54, 1.807) is 0 Å². The lowest BCUT2D eigenvalue weighted by Gasteiger charge is -2.18. The maximum Gasteiger partial charge on any atom is 0.0355 e. The van der Waals surface area contributed by atoms with Crippen LogP contribution in [0.1, 0.15) is 31.9 Å². The Morgan fingerprint density at radius 2 is 2.19 bits per heavy atom. The van der Waals surface area contributed by atoms with Gasteiger partial charge in [-0.25, -0.2) is 0 Å². The first-order chi connectivity index (χ1) is 7.69. The zero-order valence-corrected chi connectivity index (χ0v) is 11.7. The van der Waals surface area contributed by atoms with Crippen molar-refractivity contribution in [3.8, 4) is 0 Å². The van der Waals surface area contributed by atoms with E-state index in [1.807, 2.05) is 18.8 Å². The van der Waals surface area contributed by atoms with Crippen molar-refractivity contribution in [3.05, 3.63) is 24.0 Å². The average Bonchev–Trinajstić information content (AvgIpc) is 2.67. The summed E-state index contributed by atoms with van der Waals surface area (Å²) < 4.78 is 2.30. The van der Waals surface area contributed by atoms with Crippen LogP contribution in [0.4, 0.5) is 0 Å². The number of hydrogen-bond donors (Lipinski definition) is 1. The quantitative estimate of drug-likeness (QED) is 0.737. The molecule has 0 fully saturated rings. The van der Waals surface area contributed by atoms with E-state index in [2.05, 4.69) is 48.4 Å². The first-order valence-corrected chi connectivity index (χ1v) is 7.40. The Bertz CT molecular complexity index is 294. The fourth-order valence-electron chi connectivity index (χ4n) is 2.06. The Labute approximate surface area is 104 Å². The van der Waals surface area contributed by atoms with Gasteiger partial charge in [-0.2, -0.15) is 11.8 Å². The maximum absolute atomic E-state index is 3.38. The van der Waals surface area contributed by atoms with Crippen LogP contribution in [0.5, 0.6) is 0 Å².